The van der Waals surface area contributed by atoms with E-state index in [2.05, 4.69) is 5.32 Å². The van der Waals surface area contributed by atoms with E-state index in [9.17, 15) is 23.1 Å². The van der Waals surface area contributed by atoms with Crippen LogP contribution in [0.15, 0.2) is 41.3 Å². The maximum Gasteiger partial charge on any atom is 0.307 e. The summed E-state index contributed by atoms with van der Waals surface area (Å²) < 4.78 is 25.1. The molecule has 26 heavy (non-hydrogen) atoms. The van der Waals surface area contributed by atoms with Crippen LogP contribution in [0.2, 0.25) is 0 Å². The first kappa shape index (κ1) is 18.6. The van der Waals surface area contributed by atoms with Gasteiger partial charge in [-0.15, -0.1) is 0 Å². The van der Waals surface area contributed by atoms with Gasteiger partial charge in [-0.2, -0.15) is 0 Å². The molecule has 0 heterocycles. The quantitative estimate of drug-likeness (QED) is 0.768. The number of sulfone groups is 1. The van der Waals surface area contributed by atoms with Crippen LogP contribution in [0.3, 0.4) is 0 Å². The number of aliphatic carboxylic acids is 1. The van der Waals surface area contributed by atoms with Crippen molar-refractivity contribution in [2.45, 2.75) is 48.7 Å². The predicted octanol–water partition coefficient (Wildman–Crippen LogP) is 3.01. The summed E-state index contributed by atoms with van der Waals surface area (Å²) in [6.07, 6.45) is 7.62. The van der Waals surface area contributed by atoms with Gasteiger partial charge < -0.3 is 10.4 Å². The zero-order valence-electron chi connectivity index (χ0n) is 14.4. The molecule has 1 amide bonds. The number of carbonyl (C=O) groups excluding carboxylic acids is 1. The Bertz CT molecular complexity index is 807. The lowest BCUT2D eigenvalue weighted by molar-refractivity contribution is -0.146. The summed E-state index contributed by atoms with van der Waals surface area (Å²) in [5, 5.41) is 11.7. The third-order valence-corrected chi connectivity index (χ3v) is 7.56. The number of rotatable bonds is 5. The summed E-state index contributed by atoms with van der Waals surface area (Å²) in [6.45, 7) is 0. The van der Waals surface area contributed by atoms with Crippen LogP contribution in [0.4, 0.5) is 5.69 Å². The number of allylic oxidation sites excluding steroid dienone is 2. The van der Waals surface area contributed by atoms with E-state index in [4.69, 9.17) is 0 Å². The SMILES string of the molecule is O=C(O)C1CC=CCC1C(=O)Nc1ccc(S(=O)(=O)C2CCCC2)cc1. The second-order valence-electron chi connectivity index (χ2n) is 6.96. The van der Waals surface area contributed by atoms with Crippen LogP contribution in [0.25, 0.3) is 0 Å². The molecule has 2 N–H and O–H groups in total. The molecule has 2 atom stereocenters. The van der Waals surface area contributed by atoms with Gasteiger partial charge in [-0.3, -0.25) is 9.59 Å². The average molecular weight is 377 g/mol. The molecule has 0 spiro atoms. The first-order chi connectivity index (χ1) is 12.4. The molecule has 140 valence electrons. The maximum absolute atomic E-state index is 12.6. The van der Waals surface area contributed by atoms with Crippen molar-refractivity contribution in [3.63, 3.8) is 0 Å². The van der Waals surface area contributed by atoms with Gasteiger partial charge >= 0.3 is 5.97 Å². The number of nitrogens with one attached hydrogen (secondary N) is 1. The van der Waals surface area contributed by atoms with Gasteiger partial charge in [-0.05, 0) is 49.9 Å². The summed E-state index contributed by atoms with van der Waals surface area (Å²) >= 11 is 0. The topological polar surface area (TPSA) is 101 Å². The summed E-state index contributed by atoms with van der Waals surface area (Å²) in [6, 6.07) is 6.15. The molecule has 7 heteroatoms. The van der Waals surface area contributed by atoms with E-state index in [1.54, 1.807) is 18.2 Å². The minimum Gasteiger partial charge on any atom is -0.481 e. The third kappa shape index (κ3) is 3.82. The average Bonchev–Trinajstić information content (AvgIpc) is 3.17. The molecular weight excluding hydrogens is 354 g/mol. The molecule has 0 bridgehead atoms. The highest BCUT2D eigenvalue weighted by Gasteiger charge is 2.34. The van der Waals surface area contributed by atoms with Gasteiger partial charge in [0.05, 0.1) is 22.0 Å². The molecule has 1 aromatic rings. The Morgan fingerprint density at radius 1 is 0.962 bits per heavy atom. The van der Waals surface area contributed by atoms with Crippen LogP contribution in [0, 0.1) is 11.8 Å². The largest absolute Gasteiger partial charge is 0.481 e. The minimum atomic E-state index is -3.32. The zero-order chi connectivity index (χ0) is 18.7. The van der Waals surface area contributed by atoms with Crippen molar-refractivity contribution < 1.29 is 23.1 Å². The Hall–Kier alpha value is -2.15. The van der Waals surface area contributed by atoms with Gasteiger partial charge in [0.25, 0.3) is 0 Å². The van der Waals surface area contributed by atoms with Crippen LogP contribution in [-0.4, -0.2) is 30.7 Å². The highest BCUT2D eigenvalue weighted by atomic mass is 32.2. The Labute approximate surface area is 153 Å². The van der Waals surface area contributed by atoms with E-state index in [1.165, 1.54) is 12.1 Å². The molecule has 3 rings (SSSR count). The number of carboxylic acid groups (broad SMARTS) is 1. The van der Waals surface area contributed by atoms with E-state index >= 15 is 0 Å². The number of amides is 1. The monoisotopic (exact) mass is 377 g/mol. The Balaban J connectivity index is 1.70. The van der Waals surface area contributed by atoms with Crippen molar-refractivity contribution in [2.24, 2.45) is 11.8 Å². The number of hydrogen-bond donors (Lipinski definition) is 2. The first-order valence-corrected chi connectivity index (χ1v) is 10.5. The zero-order valence-corrected chi connectivity index (χ0v) is 15.2. The third-order valence-electron chi connectivity index (χ3n) is 5.28. The van der Waals surface area contributed by atoms with Crippen molar-refractivity contribution in [1.82, 2.24) is 0 Å². The molecule has 0 saturated heterocycles. The van der Waals surface area contributed by atoms with Crippen LogP contribution < -0.4 is 5.32 Å². The lowest BCUT2D eigenvalue weighted by Crippen LogP contribution is -2.34. The van der Waals surface area contributed by atoms with Gasteiger partial charge in [0.15, 0.2) is 9.84 Å². The smallest absolute Gasteiger partial charge is 0.307 e. The normalized spacial score (nSPS) is 23.7. The molecule has 0 aliphatic heterocycles. The second kappa shape index (κ2) is 7.61. The van der Waals surface area contributed by atoms with E-state index in [0.717, 1.165) is 12.8 Å². The lowest BCUT2D eigenvalue weighted by Gasteiger charge is -2.24. The Morgan fingerprint density at radius 3 is 2.12 bits per heavy atom. The van der Waals surface area contributed by atoms with Crippen molar-refractivity contribution in [3.8, 4) is 0 Å². The van der Waals surface area contributed by atoms with E-state index in [1.807, 2.05) is 6.08 Å². The summed E-state index contributed by atoms with van der Waals surface area (Å²) in [4.78, 5) is 24.0. The number of benzene rings is 1. The first-order valence-electron chi connectivity index (χ1n) is 8.92. The summed E-state index contributed by atoms with van der Waals surface area (Å²) in [7, 11) is -3.32. The fraction of sp³-hybridized carbons (Fsp3) is 0.474. The van der Waals surface area contributed by atoms with Crippen LogP contribution in [0.5, 0.6) is 0 Å². The fourth-order valence-corrected chi connectivity index (χ4v) is 5.59. The molecule has 6 nitrogen and oxygen atoms in total. The van der Waals surface area contributed by atoms with E-state index in [-0.39, 0.29) is 16.1 Å². The predicted molar refractivity (Wildman–Crippen MR) is 97.5 cm³/mol. The van der Waals surface area contributed by atoms with Gasteiger partial charge in [-0.1, -0.05) is 25.0 Å². The molecule has 0 radical (unpaired) electrons. The molecule has 1 saturated carbocycles. The van der Waals surface area contributed by atoms with Gasteiger partial charge in [0, 0.05) is 5.69 Å². The van der Waals surface area contributed by atoms with Crippen molar-refractivity contribution >= 4 is 27.4 Å². The molecule has 2 aliphatic rings. The molecular formula is C19H23NO5S. The summed E-state index contributed by atoms with van der Waals surface area (Å²) in [5.41, 5.74) is 0.471. The molecule has 2 unspecified atom stereocenters. The number of carboxylic acids is 1. The molecule has 1 aromatic carbocycles. The second-order valence-corrected chi connectivity index (χ2v) is 9.19. The Kier molecular flexibility index (Phi) is 5.46. The van der Waals surface area contributed by atoms with Crippen LogP contribution in [-0.2, 0) is 19.4 Å². The van der Waals surface area contributed by atoms with Crippen LogP contribution in [0.1, 0.15) is 38.5 Å². The molecule has 0 aromatic heterocycles. The standard InChI is InChI=1S/C19H23NO5S/c21-18(16-7-3-4-8-17(16)19(22)23)20-13-9-11-15(12-10-13)26(24,25)14-5-1-2-6-14/h3-4,9-12,14,16-17H,1-2,5-8H2,(H,20,21)(H,22,23). The minimum absolute atomic E-state index is 0.270. The number of carbonyl (C=O) groups is 2. The van der Waals surface area contributed by atoms with E-state index in [0.29, 0.717) is 31.4 Å². The molecule has 1 fully saturated rings. The lowest BCUT2D eigenvalue weighted by atomic mass is 9.82. The van der Waals surface area contributed by atoms with Crippen molar-refractivity contribution in [3.05, 3.63) is 36.4 Å². The number of hydrogen-bond acceptors (Lipinski definition) is 4. The number of anilines is 1. The van der Waals surface area contributed by atoms with Crippen molar-refractivity contribution in [2.75, 3.05) is 5.32 Å². The van der Waals surface area contributed by atoms with Gasteiger partial charge in [-0.25, -0.2) is 8.42 Å². The van der Waals surface area contributed by atoms with Gasteiger partial charge in [0.1, 0.15) is 0 Å². The summed E-state index contributed by atoms with van der Waals surface area (Å²) in [5.74, 6) is -2.69. The van der Waals surface area contributed by atoms with Crippen LogP contribution >= 0.6 is 0 Å². The van der Waals surface area contributed by atoms with E-state index < -0.39 is 27.6 Å². The molecule has 2 aliphatic carbocycles. The Morgan fingerprint density at radius 2 is 1.54 bits per heavy atom. The highest BCUT2D eigenvalue weighted by molar-refractivity contribution is 7.92. The van der Waals surface area contributed by atoms with Crippen molar-refractivity contribution in [1.29, 1.82) is 0 Å². The fourth-order valence-electron chi connectivity index (χ4n) is 3.73. The maximum atomic E-state index is 12.6. The highest BCUT2D eigenvalue weighted by Crippen LogP contribution is 2.31. The van der Waals surface area contributed by atoms with Gasteiger partial charge in [0.2, 0.25) is 5.91 Å².